The smallest absolute Gasteiger partial charge is 0.0994 e. The van der Waals surface area contributed by atoms with Gasteiger partial charge in [-0.2, -0.15) is 0 Å². The quantitative estimate of drug-likeness (QED) is 0.525. The van der Waals surface area contributed by atoms with Crippen molar-refractivity contribution in [3.63, 3.8) is 0 Å². The van der Waals surface area contributed by atoms with Gasteiger partial charge in [-0.15, -0.1) is 0 Å². The third kappa shape index (κ3) is 8.88. The Balaban J connectivity index is 2.77. The summed E-state index contributed by atoms with van der Waals surface area (Å²) in [6.45, 7) is 3.00. The van der Waals surface area contributed by atoms with Crippen molar-refractivity contribution in [1.82, 2.24) is 4.86 Å². The molecule has 1 N–H and O–H groups in total. The zero-order valence-corrected chi connectivity index (χ0v) is 9.05. The molecule has 0 fully saturated rings. The van der Waals surface area contributed by atoms with E-state index in [0.29, 0.717) is 8.96 Å². The first-order valence-corrected chi connectivity index (χ1v) is 5.40. The Morgan fingerprint density at radius 2 is 2.60 bits per heavy atom. The fraction of sp³-hybridized carbons (Fsp3) is 1.00. The highest BCUT2D eigenvalue weighted by molar-refractivity contribution is 7.46. The summed E-state index contributed by atoms with van der Waals surface area (Å²) in [5.74, 6) is 0. The molecule has 0 amide bonds. The molecule has 0 aliphatic heterocycles. The van der Waals surface area contributed by atoms with Crippen LogP contribution < -0.4 is 4.86 Å². The first-order valence-electron chi connectivity index (χ1n) is 3.13. The van der Waals surface area contributed by atoms with Gasteiger partial charge in [0.15, 0.2) is 0 Å². The van der Waals surface area contributed by atoms with Crippen LogP contribution in [-0.4, -0.2) is 6.61 Å². The maximum absolute atomic E-state index is 5.22. The normalized spacial score (nSPS) is 12.2. The average Bonchev–Trinajstić information content (AvgIpc) is 1.97. The van der Waals surface area contributed by atoms with Gasteiger partial charge < -0.3 is 4.52 Å². The molecule has 2 atom stereocenters. The van der Waals surface area contributed by atoms with Crippen LogP contribution >= 0.6 is 26.9 Å². The lowest BCUT2D eigenvalue weighted by atomic mass is 10.4. The zero-order chi connectivity index (χ0) is 7.66. The molecule has 60 valence electrons. The van der Waals surface area contributed by atoms with E-state index in [1.54, 1.807) is 0 Å². The molecule has 0 spiro atoms. The van der Waals surface area contributed by atoms with E-state index >= 15 is 0 Å². The topological polar surface area (TPSA) is 33.6 Å². The van der Waals surface area contributed by atoms with E-state index < -0.39 is 0 Å². The summed E-state index contributed by atoms with van der Waals surface area (Å²) in [4.78, 5) is 2.98. The summed E-state index contributed by atoms with van der Waals surface area (Å²) in [6, 6.07) is 0. The molecule has 0 aromatic rings. The van der Waals surface area contributed by atoms with Crippen molar-refractivity contribution in [2.24, 2.45) is 4.52 Å². The summed E-state index contributed by atoms with van der Waals surface area (Å²) < 4.78 is 8.97. The molecule has 6 heteroatoms. The van der Waals surface area contributed by atoms with Crippen LogP contribution in [0.2, 0.25) is 0 Å². The van der Waals surface area contributed by atoms with Crippen molar-refractivity contribution in [2.45, 2.75) is 19.8 Å². The molecule has 0 radical (unpaired) electrons. The van der Waals surface area contributed by atoms with Gasteiger partial charge in [-0.25, -0.2) is 9.37 Å². The van der Waals surface area contributed by atoms with E-state index in [9.17, 15) is 0 Å². The number of nitrogens with zero attached hydrogens (tertiary/aromatic N) is 1. The summed E-state index contributed by atoms with van der Waals surface area (Å²) in [5.41, 5.74) is 0. The van der Waals surface area contributed by atoms with E-state index in [1.165, 1.54) is 6.42 Å². The molecular weight excluding hydrogens is 185 g/mol. The van der Waals surface area contributed by atoms with E-state index in [0.717, 1.165) is 21.6 Å². The highest BCUT2D eigenvalue weighted by atomic mass is 31.1. The number of hydrogen-bond acceptors (Lipinski definition) is 2. The molecule has 2 unspecified atom stereocenters. The van der Waals surface area contributed by atoms with Crippen LogP contribution in [0.4, 0.5) is 0 Å². The van der Waals surface area contributed by atoms with E-state index in [1.807, 2.05) is 0 Å². The summed E-state index contributed by atoms with van der Waals surface area (Å²) in [5, 5.41) is 0. The molecule has 0 aromatic carbocycles. The van der Waals surface area contributed by atoms with E-state index in [2.05, 4.69) is 25.7 Å². The number of nitrogens with one attached hydrogen (secondary N) is 1. The van der Waals surface area contributed by atoms with Crippen LogP contribution in [-0.2, 0) is 4.52 Å². The van der Waals surface area contributed by atoms with Crippen LogP contribution in [0, 0.1) is 0 Å². The lowest BCUT2D eigenvalue weighted by molar-refractivity contribution is 0.351. The van der Waals surface area contributed by atoms with Crippen LogP contribution in [0.25, 0.3) is 0 Å². The highest BCUT2D eigenvalue weighted by Gasteiger charge is 1.83. The third-order valence-electron chi connectivity index (χ3n) is 0.826. The fourth-order valence-corrected chi connectivity index (χ4v) is 1.77. The van der Waals surface area contributed by atoms with Crippen molar-refractivity contribution in [3.8, 4) is 0 Å². The maximum Gasteiger partial charge on any atom is 0.0994 e. The molecule has 10 heavy (non-hydrogen) atoms. The van der Waals surface area contributed by atoms with Crippen LogP contribution in [0.5, 0.6) is 0 Å². The van der Waals surface area contributed by atoms with Gasteiger partial charge in [0.1, 0.15) is 0 Å². The predicted octanol–water partition coefficient (Wildman–Crippen LogP) is 2.74. The molecule has 0 aliphatic rings. The molecule has 0 aromatic heterocycles. The van der Waals surface area contributed by atoms with Gasteiger partial charge >= 0.3 is 0 Å². The van der Waals surface area contributed by atoms with Gasteiger partial charge in [0, 0.05) is 0 Å². The minimum Gasteiger partial charge on any atom is -0.346 e. The van der Waals surface area contributed by atoms with E-state index in [-0.39, 0.29) is 0 Å². The molecule has 0 rings (SSSR count). The summed E-state index contributed by atoms with van der Waals surface area (Å²) in [7, 11) is 3.54. The summed E-state index contributed by atoms with van der Waals surface area (Å²) in [6.07, 6.45) is 2.33. The maximum atomic E-state index is 5.22. The standard InChI is InChI=1S/C4H13N2OP3/c1-2-3-4-7-10-6-9-5-8/h10H,2-4,8H2,1H3,(H,5,6). The van der Waals surface area contributed by atoms with Crippen molar-refractivity contribution in [2.75, 3.05) is 6.61 Å². The fourth-order valence-electron chi connectivity index (χ4n) is 0.349. The van der Waals surface area contributed by atoms with Crippen LogP contribution in [0.15, 0.2) is 4.52 Å². The van der Waals surface area contributed by atoms with Crippen molar-refractivity contribution in [1.29, 1.82) is 0 Å². The molecular formula is C4H13N2OP3. The Morgan fingerprint density at radius 1 is 1.80 bits per heavy atom. The van der Waals surface area contributed by atoms with Gasteiger partial charge in [-0.3, -0.25) is 0 Å². The van der Waals surface area contributed by atoms with Crippen molar-refractivity contribution < 1.29 is 4.52 Å². The minimum atomic E-state index is 0.379. The largest absolute Gasteiger partial charge is 0.346 e. The lowest BCUT2D eigenvalue weighted by Crippen LogP contribution is -1.87. The second kappa shape index (κ2) is 9.88. The monoisotopic (exact) mass is 198 g/mol. The summed E-state index contributed by atoms with van der Waals surface area (Å²) >= 11 is 0. The van der Waals surface area contributed by atoms with Crippen LogP contribution in [0.1, 0.15) is 19.8 Å². The van der Waals surface area contributed by atoms with Gasteiger partial charge in [0.25, 0.3) is 0 Å². The SMILES string of the molecule is CCCCOPNP=NP. The molecule has 0 saturated heterocycles. The highest BCUT2D eigenvalue weighted by Crippen LogP contribution is 2.13. The Kier molecular flexibility index (Phi) is 10.7. The minimum absolute atomic E-state index is 0.379. The van der Waals surface area contributed by atoms with Crippen LogP contribution in [0.3, 0.4) is 0 Å². The molecule has 0 heterocycles. The predicted molar refractivity (Wildman–Crippen MR) is 51.4 cm³/mol. The molecule has 0 saturated carbocycles. The average molecular weight is 198 g/mol. The van der Waals surface area contributed by atoms with Gasteiger partial charge in [-0.05, 0) is 15.8 Å². The Bertz CT molecular complexity index is 90.6. The Labute approximate surface area is 67.8 Å². The number of unbranched alkanes of at least 4 members (excludes halogenated alkanes) is 1. The van der Waals surface area contributed by atoms with Gasteiger partial charge in [0.2, 0.25) is 0 Å². The van der Waals surface area contributed by atoms with Crippen molar-refractivity contribution >= 4 is 26.9 Å². The zero-order valence-electron chi connectivity index (χ0n) is 6.00. The van der Waals surface area contributed by atoms with Gasteiger partial charge in [0.05, 0.1) is 24.1 Å². The van der Waals surface area contributed by atoms with Gasteiger partial charge in [-0.1, -0.05) is 13.3 Å². The van der Waals surface area contributed by atoms with E-state index in [4.69, 9.17) is 4.52 Å². The second-order valence-corrected chi connectivity index (χ2v) is 4.14. The third-order valence-corrected chi connectivity index (χ3v) is 2.40. The molecule has 3 nitrogen and oxygen atoms in total. The molecule has 0 aliphatic carbocycles. The Morgan fingerprint density at radius 3 is 3.20 bits per heavy atom. The number of rotatable bonds is 6. The second-order valence-electron chi connectivity index (χ2n) is 1.63. The van der Waals surface area contributed by atoms with Crippen molar-refractivity contribution in [3.05, 3.63) is 0 Å². The first-order chi connectivity index (χ1) is 4.91. The first kappa shape index (κ1) is 10.9. The Hall–Kier alpha value is 0.880. The number of hydrogen-bond donors (Lipinski definition) is 1. The lowest BCUT2D eigenvalue weighted by Gasteiger charge is -1.98. The molecule has 0 bridgehead atoms.